The molecule has 82 valence electrons. The largest absolute Gasteiger partial charge is 0.478 e. The predicted molar refractivity (Wildman–Crippen MR) is 56.4 cm³/mol. The van der Waals surface area contributed by atoms with Gasteiger partial charge in [0.25, 0.3) is 0 Å². The standard InChI is InChI=1S/C11H15NO3/c1-9(6-11(13)14)7-12(2)8-10-4-3-5-15-10/h3-6H,7-8H2,1-2H3,(H,13,14). The van der Waals surface area contributed by atoms with E-state index in [2.05, 4.69) is 0 Å². The molecule has 0 aliphatic carbocycles. The second-order valence-electron chi connectivity index (χ2n) is 3.58. The average Bonchev–Trinajstić information content (AvgIpc) is 2.53. The number of aliphatic carboxylic acids is 1. The lowest BCUT2D eigenvalue weighted by molar-refractivity contribution is -0.131. The van der Waals surface area contributed by atoms with Crippen molar-refractivity contribution >= 4 is 5.97 Å². The molecular weight excluding hydrogens is 194 g/mol. The van der Waals surface area contributed by atoms with E-state index in [9.17, 15) is 4.79 Å². The molecular formula is C11H15NO3. The summed E-state index contributed by atoms with van der Waals surface area (Å²) in [7, 11) is 1.92. The van der Waals surface area contributed by atoms with Crippen molar-refractivity contribution in [3.8, 4) is 0 Å². The lowest BCUT2D eigenvalue weighted by Crippen LogP contribution is -2.19. The molecule has 0 radical (unpaired) electrons. The lowest BCUT2D eigenvalue weighted by Gasteiger charge is -2.14. The molecule has 0 atom stereocenters. The van der Waals surface area contributed by atoms with Gasteiger partial charge in [-0.25, -0.2) is 4.79 Å². The van der Waals surface area contributed by atoms with Gasteiger partial charge in [0.1, 0.15) is 5.76 Å². The van der Waals surface area contributed by atoms with Gasteiger partial charge < -0.3 is 9.52 Å². The number of hydrogen-bond donors (Lipinski definition) is 1. The van der Waals surface area contributed by atoms with E-state index < -0.39 is 5.97 Å². The maximum Gasteiger partial charge on any atom is 0.328 e. The second-order valence-corrected chi connectivity index (χ2v) is 3.58. The number of likely N-dealkylation sites (N-methyl/N-ethyl adjacent to an activating group) is 1. The highest BCUT2D eigenvalue weighted by molar-refractivity contribution is 5.80. The van der Waals surface area contributed by atoms with E-state index in [-0.39, 0.29) is 0 Å². The van der Waals surface area contributed by atoms with Crippen molar-refractivity contribution in [2.24, 2.45) is 0 Å². The number of carboxylic acids is 1. The van der Waals surface area contributed by atoms with Gasteiger partial charge in [-0.15, -0.1) is 0 Å². The molecule has 4 heteroatoms. The molecule has 0 saturated carbocycles. The van der Waals surface area contributed by atoms with Gasteiger partial charge in [-0.1, -0.05) is 5.57 Å². The molecule has 4 nitrogen and oxygen atoms in total. The predicted octanol–water partition coefficient (Wildman–Crippen LogP) is 1.74. The third-order valence-electron chi connectivity index (χ3n) is 1.90. The van der Waals surface area contributed by atoms with Crippen LogP contribution in [-0.2, 0) is 11.3 Å². The van der Waals surface area contributed by atoms with Gasteiger partial charge in [0, 0.05) is 12.6 Å². The smallest absolute Gasteiger partial charge is 0.328 e. The number of carbonyl (C=O) groups is 1. The van der Waals surface area contributed by atoms with Crippen molar-refractivity contribution in [3.63, 3.8) is 0 Å². The van der Waals surface area contributed by atoms with Gasteiger partial charge in [0.15, 0.2) is 0 Å². The van der Waals surface area contributed by atoms with E-state index in [0.717, 1.165) is 11.3 Å². The summed E-state index contributed by atoms with van der Waals surface area (Å²) in [6, 6.07) is 3.73. The molecule has 0 aromatic carbocycles. The SMILES string of the molecule is CC(=CC(=O)O)CN(C)Cc1ccco1. The first-order valence-corrected chi connectivity index (χ1v) is 4.69. The Bertz CT molecular complexity index is 341. The Balaban J connectivity index is 2.42. The fourth-order valence-electron chi connectivity index (χ4n) is 1.41. The van der Waals surface area contributed by atoms with Gasteiger partial charge in [-0.3, -0.25) is 4.90 Å². The Morgan fingerprint density at radius 3 is 2.93 bits per heavy atom. The Morgan fingerprint density at radius 1 is 1.67 bits per heavy atom. The normalized spacial score (nSPS) is 12.1. The molecule has 0 aliphatic heterocycles. The zero-order valence-corrected chi connectivity index (χ0v) is 8.93. The Hall–Kier alpha value is -1.55. The average molecular weight is 209 g/mol. The van der Waals surface area contributed by atoms with Crippen LogP contribution in [0.25, 0.3) is 0 Å². The summed E-state index contributed by atoms with van der Waals surface area (Å²) < 4.78 is 5.19. The molecule has 0 spiro atoms. The van der Waals surface area contributed by atoms with E-state index in [1.54, 1.807) is 13.2 Å². The van der Waals surface area contributed by atoms with Crippen LogP contribution in [-0.4, -0.2) is 29.6 Å². The van der Waals surface area contributed by atoms with Crippen LogP contribution in [0, 0.1) is 0 Å². The molecule has 0 amide bonds. The van der Waals surface area contributed by atoms with Crippen LogP contribution in [0.5, 0.6) is 0 Å². The van der Waals surface area contributed by atoms with Crippen molar-refractivity contribution in [3.05, 3.63) is 35.8 Å². The molecule has 0 aliphatic rings. The number of rotatable bonds is 5. The van der Waals surface area contributed by atoms with E-state index in [1.807, 2.05) is 24.1 Å². The summed E-state index contributed by atoms with van der Waals surface area (Å²) in [5.41, 5.74) is 0.816. The van der Waals surface area contributed by atoms with Gasteiger partial charge in [0.2, 0.25) is 0 Å². The molecule has 1 aromatic heterocycles. The Morgan fingerprint density at radius 2 is 2.40 bits per heavy atom. The maximum absolute atomic E-state index is 10.4. The van der Waals surface area contributed by atoms with Crippen molar-refractivity contribution in [2.75, 3.05) is 13.6 Å². The minimum atomic E-state index is -0.904. The maximum atomic E-state index is 10.4. The van der Waals surface area contributed by atoms with Crippen LogP contribution >= 0.6 is 0 Å². The molecule has 1 heterocycles. The summed E-state index contributed by atoms with van der Waals surface area (Å²) in [5, 5.41) is 8.54. The van der Waals surface area contributed by atoms with Gasteiger partial charge in [-0.05, 0) is 26.1 Å². The van der Waals surface area contributed by atoms with E-state index >= 15 is 0 Å². The fourth-order valence-corrected chi connectivity index (χ4v) is 1.41. The van der Waals surface area contributed by atoms with Crippen LogP contribution in [0.3, 0.4) is 0 Å². The molecule has 1 rings (SSSR count). The van der Waals surface area contributed by atoms with Crippen molar-refractivity contribution in [1.82, 2.24) is 4.90 Å². The summed E-state index contributed by atoms with van der Waals surface area (Å²) in [6.45, 7) is 3.09. The van der Waals surface area contributed by atoms with E-state index in [1.165, 1.54) is 6.08 Å². The minimum absolute atomic E-state index is 0.618. The quantitative estimate of drug-likeness (QED) is 0.750. The molecule has 1 N–H and O–H groups in total. The summed E-state index contributed by atoms with van der Waals surface area (Å²) in [4.78, 5) is 12.4. The van der Waals surface area contributed by atoms with Crippen LogP contribution in [0.4, 0.5) is 0 Å². The number of hydrogen-bond acceptors (Lipinski definition) is 3. The summed E-state index contributed by atoms with van der Waals surface area (Å²) in [6.07, 6.45) is 2.85. The highest BCUT2D eigenvalue weighted by atomic mass is 16.4. The molecule has 0 fully saturated rings. The monoisotopic (exact) mass is 209 g/mol. The van der Waals surface area contributed by atoms with Crippen LogP contribution in [0.1, 0.15) is 12.7 Å². The topological polar surface area (TPSA) is 53.7 Å². The molecule has 0 saturated heterocycles. The van der Waals surface area contributed by atoms with Crippen molar-refractivity contribution in [1.29, 1.82) is 0 Å². The number of carboxylic acid groups (broad SMARTS) is 1. The molecule has 1 aromatic rings. The number of furan rings is 1. The Labute approximate surface area is 88.8 Å². The summed E-state index contributed by atoms with van der Waals surface area (Å²) in [5.74, 6) is -0.0282. The van der Waals surface area contributed by atoms with Gasteiger partial charge in [0.05, 0.1) is 12.8 Å². The fraction of sp³-hybridized carbons (Fsp3) is 0.364. The van der Waals surface area contributed by atoms with Crippen LogP contribution in [0.2, 0.25) is 0 Å². The highest BCUT2D eigenvalue weighted by Gasteiger charge is 2.03. The third kappa shape index (κ3) is 4.46. The zero-order valence-electron chi connectivity index (χ0n) is 8.93. The summed E-state index contributed by atoms with van der Waals surface area (Å²) >= 11 is 0. The number of nitrogens with zero attached hydrogens (tertiary/aromatic N) is 1. The lowest BCUT2D eigenvalue weighted by atomic mass is 10.2. The first-order chi connectivity index (χ1) is 7.08. The van der Waals surface area contributed by atoms with E-state index in [4.69, 9.17) is 9.52 Å². The molecule has 15 heavy (non-hydrogen) atoms. The Kier molecular flexibility index (Phi) is 4.12. The van der Waals surface area contributed by atoms with Crippen molar-refractivity contribution < 1.29 is 14.3 Å². The highest BCUT2D eigenvalue weighted by Crippen LogP contribution is 2.05. The van der Waals surface area contributed by atoms with E-state index in [0.29, 0.717) is 13.1 Å². The zero-order chi connectivity index (χ0) is 11.3. The third-order valence-corrected chi connectivity index (χ3v) is 1.90. The van der Waals surface area contributed by atoms with Crippen LogP contribution in [0.15, 0.2) is 34.5 Å². The van der Waals surface area contributed by atoms with Crippen LogP contribution < -0.4 is 0 Å². The first-order valence-electron chi connectivity index (χ1n) is 4.69. The second kappa shape index (κ2) is 5.36. The van der Waals surface area contributed by atoms with Crippen molar-refractivity contribution in [2.45, 2.75) is 13.5 Å². The first kappa shape index (κ1) is 11.5. The molecule has 0 unspecified atom stereocenters. The minimum Gasteiger partial charge on any atom is -0.478 e. The van der Waals surface area contributed by atoms with Gasteiger partial charge in [-0.2, -0.15) is 0 Å². The molecule has 0 bridgehead atoms. The van der Waals surface area contributed by atoms with Gasteiger partial charge >= 0.3 is 5.97 Å².